The molecule has 0 saturated heterocycles. The van der Waals surface area contributed by atoms with Crippen LogP contribution in [0.1, 0.15) is 75.3 Å². The van der Waals surface area contributed by atoms with Gasteiger partial charge in [0.2, 0.25) is 11.8 Å². The molecule has 1 heterocycles. The van der Waals surface area contributed by atoms with Crippen molar-refractivity contribution in [2.75, 3.05) is 48.1 Å². The van der Waals surface area contributed by atoms with Crippen LogP contribution in [0.2, 0.25) is 0 Å². The van der Waals surface area contributed by atoms with Gasteiger partial charge >= 0.3 is 24.1 Å². The topological polar surface area (TPSA) is 223 Å². The third-order valence-corrected chi connectivity index (χ3v) is 11.4. The number of hydrogen-bond acceptors (Lipinski definition) is 14. The first-order chi connectivity index (χ1) is 33.9. The SMILES string of the molecule is COC(=O)[C@@H]1Cc2cc(OCCNC(=O)OCc3ccccc3)c(OC)c(c2)-c2cc(ccc2OC)[C@H](N(C)C(=O)[C@H](CCNC(=O)OCc2ccccc2)CC(=O)OC(C)(C)C)C(=O)C[C@@H](C)C(=O)N1. The number of methoxy groups -OCH3 is 3. The number of amides is 4. The molecule has 0 spiro atoms. The van der Waals surface area contributed by atoms with Gasteiger partial charge in [-0.2, -0.15) is 0 Å². The number of carbonyl (C=O) groups excluding carboxylic acids is 7. The molecular weight excluding hydrogens is 917 g/mol. The lowest BCUT2D eigenvalue weighted by molar-refractivity contribution is -0.159. The second-order valence-electron chi connectivity index (χ2n) is 17.9. The number of Topliss-reactive ketones (excluding diaryl/α,β-unsaturated/α-hetero) is 1. The van der Waals surface area contributed by atoms with E-state index in [1.807, 2.05) is 48.5 Å². The normalized spacial score (nSPS) is 16.1. The maximum absolute atomic E-state index is 14.8. The molecule has 0 radical (unpaired) electrons. The minimum atomic E-state index is -1.34. The number of nitrogens with zero attached hydrogens (tertiary/aromatic N) is 1. The van der Waals surface area contributed by atoms with Gasteiger partial charge in [-0.3, -0.25) is 19.2 Å². The number of nitrogens with one attached hydrogen (secondary N) is 3. The van der Waals surface area contributed by atoms with Gasteiger partial charge in [0.25, 0.3) is 0 Å². The van der Waals surface area contributed by atoms with E-state index in [0.717, 1.165) is 11.1 Å². The Balaban J connectivity index is 1.52. The highest BCUT2D eigenvalue weighted by atomic mass is 16.6. The Morgan fingerprint density at radius 1 is 0.761 bits per heavy atom. The highest BCUT2D eigenvalue weighted by molar-refractivity contribution is 5.95. The van der Waals surface area contributed by atoms with Crippen molar-refractivity contribution in [3.63, 3.8) is 0 Å². The third kappa shape index (κ3) is 16.0. The maximum Gasteiger partial charge on any atom is 0.407 e. The predicted molar refractivity (Wildman–Crippen MR) is 260 cm³/mol. The van der Waals surface area contributed by atoms with Crippen LogP contribution >= 0.6 is 0 Å². The number of ether oxygens (including phenoxy) is 7. The third-order valence-electron chi connectivity index (χ3n) is 11.4. The van der Waals surface area contributed by atoms with Crippen molar-refractivity contribution in [1.29, 1.82) is 0 Å². The number of likely N-dealkylation sites (N-methyl/N-ethyl adjacent to an activating group) is 1. The van der Waals surface area contributed by atoms with E-state index in [0.29, 0.717) is 28.0 Å². The Morgan fingerprint density at radius 2 is 1.38 bits per heavy atom. The molecule has 380 valence electrons. The quantitative estimate of drug-likeness (QED) is 0.0540. The number of alkyl carbamates (subject to hydrolysis) is 2. The summed E-state index contributed by atoms with van der Waals surface area (Å²) in [7, 11) is 5.51. The van der Waals surface area contributed by atoms with Gasteiger partial charge in [0.1, 0.15) is 43.3 Å². The molecule has 71 heavy (non-hydrogen) atoms. The first kappa shape index (κ1) is 54.3. The lowest BCUT2D eigenvalue weighted by atomic mass is 9.89. The zero-order valence-corrected chi connectivity index (χ0v) is 41.5. The van der Waals surface area contributed by atoms with Crippen LogP contribution in [0.5, 0.6) is 17.2 Å². The Bertz CT molecular complexity index is 2490. The minimum absolute atomic E-state index is 0.0129. The summed E-state index contributed by atoms with van der Waals surface area (Å²) in [6, 6.07) is 24.0. The number of esters is 2. The van der Waals surface area contributed by atoms with Crippen LogP contribution < -0.4 is 30.2 Å². The van der Waals surface area contributed by atoms with Gasteiger partial charge in [0.05, 0.1) is 40.2 Å². The van der Waals surface area contributed by atoms with Crippen molar-refractivity contribution >= 4 is 41.7 Å². The van der Waals surface area contributed by atoms with Crippen LogP contribution in [-0.4, -0.2) is 106 Å². The molecule has 0 unspecified atom stereocenters. The standard InChI is InChI=1S/C53H64N4O14/c1-33-25-42(58)46(57(5)49(61)38(30-45(59)71-53(2,3)4)21-22-54-51(63)69-31-34-15-11-9-12-16-34)37-19-20-43(65-6)39(29-37)40-26-36(27-41(50(62)67-8)56-48(33)60)28-44(47(40)66-7)68-24-23-55-52(64)70-32-35-17-13-10-14-18-35/h9-20,26,28-29,33,38,41,46H,21-25,27,30-32H2,1-8H3,(H,54,63)(H,55,64)(H,56,60)/t33-,38-,41+,46+/m1/s1. The summed E-state index contributed by atoms with van der Waals surface area (Å²) in [5.41, 5.74) is 2.33. The van der Waals surface area contributed by atoms with Gasteiger partial charge < -0.3 is 54.0 Å². The maximum atomic E-state index is 14.8. The van der Waals surface area contributed by atoms with Gasteiger partial charge in [-0.1, -0.05) is 73.7 Å². The Kier molecular flexibility index (Phi) is 19.8. The molecule has 0 fully saturated rings. The van der Waals surface area contributed by atoms with E-state index < -0.39 is 71.2 Å². The van der Waals surface area contributed by atoms with Crippen LogP contribution in [0.4, 0.5) is 9.59 Å². The minimum Gasteiger partial charge on any atom is -0.496 e. The Hall–Kier alpha value is -7.63. The molecule has 1 aliphatic heterocycles. The van der Waals surface area contributed by atoms with Gasteiger partial charge in [0, 0.05) is 43.5 Å². The highest BCUT2D eigenvalue weighted by Crippen LogP contribution is 2.45. The second kappa shape index (κ2) is 25.8. The zero-order valence-electron chi connectivity index (χ0n) is 41.5. The molecule has 4 aromatic rings. The van der Waals surface area contributed by atoms with E-state index in [-0.39, 0.29) is 70.1 Å². The summed E-state index contributed by atoms with van der Waals surface area (Å²) >= 11 is 0. The number of rotatable bonds is 18. The van der Waals surface area contributed by atoms with Crippen LogP contribution in [0.3, 0.4) is 0 Å². The van der Waals surface area contributed by atoms with Crippen molar-refractivity contribution in [3.8, 4) is 28.4 Å². The summed E-state index contributed by atoms with van der Waals surface area (Å²) in [4.78, 5) is 96.6. The van der Waals surface area contributed by atoms with E-state index in [1.54, 1.807) is 63.2 Å². The Labute approximate surface area is 414 Å². The molecule has 18 heteroatoms. The molecule has 4 aromatic carbocycles. The van der Waals surface area contributed by atoms with Gasteiger partial charge in [0.15, 0.2) is 17.3 Å². The predicted octanol–water partition coefficient (Wildman–Crippen LogP) is 6.65. The van der Waals surface area contributed by atoms with Crippen molar-refractivity contribution in [2.24, 2.45) is 11.8 Å². The fourth-order valence-electron chi connectivity index (χ4n) is 7.94. The first-order valence-corrected chi connectivity index (χ1v) is 23.2. The summed E-state index contributed by atoms with van der Waals surface area (Å²) < 4.78 is 39.5. The van der Waals surface area contributed by atoms with E-state index in [1.165, 1.54) is 40.2 Å². The number of benzene rings is 4. The molecular formula is C53H64N4O14. The van der Waals surface area contributed by atoms with E-state index >= 15 is 0 Å². The average Bonchev–Trinajstić information content (AvgIpc) is 3.34. The van der Waals surface area contributed by atoms with Crippen LogP contribution in [0, 0.1) is 11.8 Å². The summed E-state index contributed by atoms with van der Waals surface area (Å²) in [5.74, 6) is -4.55. The van der Waals surface area contributed by atoms with Crippen molar-refractivity contribution < 1.29 is 66.7 Å². The Morgan fingerprint density at radius 3 is 1.96 bits per heavy atom. The molecule has 18 nitrogen and oxygen atoms in total. The average molecular weight is 981 g/mol. The van der Waals surface area contributed by atoms with E-state index in [9.17, 15) is 33.6 Å². The molecule has 4 bridgehead atoms. The molecule has 0 aromatic heterocycles. The molecule has 3 N–H and O–H groups in total. The highest BCUT2D eigenvalue weighted by Gasteiger charge is 2.37. The monoisotopic (exact) mass is 980 g/mol. The zero-order chi connectivity index (χ0) is 51.7. The number of hydrogen-bond donors (Lipinski definition) is 3. The molecule has 1 aliphatic rings. The number of fused-ring (bicyclic) bond motifs is 5. The largest absolute Gasteiger partial charge is 0.496 e. The first-order valence-electron chi connectivity index (χ1n) is 23.2. The summed E-state index contributed by atoms with van der Waals surface area (Å²) in [5, 5.41) is 8.05. The lowest BCUT2D eigenvalue weighted by Crippen LogP contribution is -2.46. The summed E-state index contributed by atoms with van der Waals surface area (Å²) in [6.07, 6.45) is -2.26. The molecule has 4 amide bonds. The lowest BCUT2D eigenvalue weighted by Gasteiger charge is -2.32. The van der Waals surface area contributed by atoms with Crippen LogP contribution in [-0.2, 0) is 62.6 Å². The van der Waals surface area contributed by atoms with Crippen molar-refractivity contribution in [2.45, 2.75) is 84.3 Å². The molecule has 0 aliphatic carbocycles. The van der Waals surface area contributed by atoms with E-state index in [2.05, 4.69) is 16.0 Å². The number of carbonyl (C=O) groups is 7. The fraction of sp³-hybridized carbons (Fsp3) is 0.415. The summed E-state index contributed by atoms with van der Waals surface area (Å²) in [6.45, 7) is 6.61. The van der Waals surface area contributed by atoms with Gasteiger partial charge in [-0.15, -0.1) is 0 Å². The second-order valence-corrected chi connectivity index (χ2v) is 17.9. The smallest absolute Gasteiger partial charge is 0.407 e. The molecule has 5 rings (SSSR count). The van der Waals surface area contributed by atoms with Crippen molar-refractivity contribution in [1.82, 2.24) is 20.9 Å². The van der Waals surface area contributed by atoms with Crippen LogP contribution in [0.15, 0.2) is 91.0 Å². The van der Waals surface area contributed by atoms with Crippen molar-refractivity contribution in [3.05, 3.63) is 113 Å². The van der Waals surface area contributed by atoms with Gasteiger partial charge in [-0.05, 0) is 73.7 Å². The molecule has 0 saturated carbocycles. The molecule has 4 atom stereocenters. The van der Waals surface area contributed by atoms with Gasteiger partial charge in [-0.25, -0.2) is 14.4 Å². The number of ketones is 1. The van der Waals surface area contributed by atoms with E-state index in [4.69, 9.17) is 33.2 Å². The fourth-order valence-corrected chi connectivity index (χ4v) is 7.94. The van der Waals surface area contributed by atoms with Crippen LogP contribution in [0.25, 0.3) is 11.1 Å².